The van der Waals surface area contributed by atoms with E-state index < -0.39 is 4.92 Å². The van der Waals surface area contributed by atoms with Gasteiger partial charge < -0.3 is 5.32 Å². The minimum atomic E-state index is -0.445. The van der Waals surface area contributed by atoms with Crippen LogP contribution in [0, 0.1) is 30.9 Å². The Morgan fingerprint density at radius 2 is 2.04 bits per heavy atom. The van der Waals surface area contributed by atoms with Crippen LogP contribution in [-0.2, 0) is 13.6 Å². The van der Waals surface area contributed by atoms with Crippen LogP contribution >= 0.6 is 0 Å². The van der Waals surface area contributed by atoms with E-state index in [1.54, 1.807) is 23.7 Å². The number of amides is 1. The van der Waals surface area contributed by atoms with Gasteiger partial charge in [-0.1, -0.05) is 12.1 Å². The third-order valence-electron chi connectivity index (χ3n) is 4.58. The predicted molar refractivity (Wildman–Crippen MR) is 97.0 cm³/mol. The lowest BCUT2D eigenvalue weighted by atomic mass is 10.0. The van der Waals surface area contributed by atoms with Crippen LogP contribution in [0.2, 0.25) is 0 Å². The summed E-state index contributed by atoms with van der Waals surface area (Å²) in [5.41, 5.74) is 3.57. The highest BCUT2D eigenvalue weighted by molar-refractivity contribution is 6.08. The second-order valence-electron chi connectivity index (χ2n) is 6.20. The van der Waals surface area contributed by atoms with Crippen LogP contribution in [0.4, 0.5) is 5.69 Å². The molecule has 26 heavy (non-hydrogen) atoms. The molecule has 0 bridgehead atoms. The highest BCUT2D eigenvalue weighted by atomic mass is 16.6. The molecular weight excluding hydrogens is 334 g/mol. The molecule has 0 atom stereocenters. The normalized spacial score (nSPS) is 10.9. The van der Waals surface area contributed by atoms with Crippen molar-refractivity contribution in [2.75, 3.05) is 0 Å². The SMILES string of the molecule is Cc1nn(C)c(C)c1CNC(=O)c1ncc(C)c2c([N+](=O)[O-])cccc12. The Labute approximate surface area is 150 Å². The third-order valence-corrected chi connectivity index (χ3v) is 4.58. The maximum atomic E-state index is 12.7. The van der Waals surface area contributed by atoms with E-state index in [2.05, 4.69) is 15.4 Å². The first-order valence-corrected chi connectivity index (χ1v) is 8.11. The van der Waals surface area contributed by atoms with Gasteiger partial charge in [-0.05, 0) is 26.3 Å². The molecule has 1 aromatic carbocycles. The van der Waals surface area contributed by atoms with E-state index in [9.17, 15) is 14.9 Å². The average molecular weight is 353 g/mol. The Balaban J connectivity index is 1.98. The molecule has 8 heteroatoms. The van der Waals surface area contributed by atoms with Gasteiger partial charge in [0.25, 0.3) is 11.6 Å². The number of aromatic nitrogens is 3. The molecule has 3 aromatic rings. The number of hydrogen-bond donors (Lipinski definition) is 1. The molecule has 0 saturated carbocycles. The van der Waals surface area contributed by atoms with Crippen molar-refractivity contribution < 1.29 is 9.72 Å². The number of pyridine rings is 1. The first kappa shape index (κ1) is 17.5. The molecule has 134 valence electrons. The number of nitrogens with zero attached hydrogens (tertiary/aromatic N) is 4. The topological polar surface area (TPSA) is 103 Å². The Morgan fingerprint density at radius 3 is 2.65 bits per heavy atom. The van der Waals surface area contributed by atoms with E-state index in [4.69, 9.17) is 0 Å². The fourth-order valence-electron chi connectivity index (χ4n) is 3.11. The number of hydrogen-bond acceptors (Lipinski definition) is 5. The molecular formula is C18H19N5O3. The molecule has 0 radical (unpaired) electrons. The van der Waals surface area contributed by atoms with E-state index in [0.29, 0.717) is 22.9 Å². The van der Waals surface area contributed by atoms with Crippen molar-refractivity contribution in [3.8, 4) is 0 Å². The average Bonchev–Trinajstić information content (AvgIpc) is 2.84. The van der Waals surface area contributed by atoms with Gasteiger partial charge in [0.1, 0.15) is 5.69 Å². The molecule has 8 nitrogen and oxygen atoms in total. The van der Waals surface area contributed by atoms with Gasteiger partial charge >= 0.3 is 0 Å². The maximum Gasteiger partial charge on any atom is 0.277 e. The molecule has 0 aliphatic rings. The number of nitro groups is 1. The van der Waals surface area contributed by atoms with Crippen LogP contribution < -0.4 is 5.32 Å². The zero-order valence-corrected chi connectivity index (χ0v) is 15.0. The largest absolute Gasteiger partial charge is 0.346 e. The molecule has 2 heterocycles. The zero-order chi connectivity index (χ0) is 19.0. The number of nitro benzene ring substituents is 1. The lowest BCUT2D eigenvalue weighted by molar-refractivity contribution is -0.383. The molecule has 1 amide bonds. The number of carbonyl (C=O) groups excluding carboxylic acids is 1. The molecule has 2 aromatic heterocycles. The Hall–Kier alpha value is -3.29. The number of rotatable bonds is 4. The summed E-state index contributed by atoms with van der Waals surface area (Å²) in [5.74, 6) is -0.377. The van der Waals surface area contributed by atoms with Crippen LogP contribution in [-0.4, -0.2) is 25.6 Å². The fraction of sp³-hybridized carbons (Fsp3) is 0.278. The summed E-state index contributed by atoms with van der Waals surface area (Å²) >= 11 is 0. The van der Waals surface area contributed by atoms with E-state index in [0.717, 1.165) is 17.0 Å². The van der Waals surface area contributed by atoms with Crippen LogP contribution in [0.5, 0.6) is 0 Å². The molecule has 0 aliphatic heterocycles. The van der Waals surface area contributed by atoms with E-state index in [1.165, 1.54) is 12.3 Å². The van der Waals surface area contributed by atoms with Crippen LogP contribution in [0.15, 0.2) is 24.4 Å². The first-order chi connectivity index (χ1) is 12.3. The van der Waals surface area contributed by atoms with Crippen molar-refractivity contribution in [1.29, 1.82) is 0 Å². The van der Waals surface area contributed by atoms with Crippen LogP contribution in [0.25, 0.3) is 10.8 Å². The number of carbonyl (C=O) groups is 1. The fourth-order valence-corrected chi connectivity index (χ4v) is 3.11. The quantitative estimate of drug-likeness (QED) is 0.574. The molecule has 0 fully saturated rings. The summed E-state index contributed by atoms with van der Waals surface area (Å²) in [7, 11) is 1.85. The highest BCUT2D eigenvalue weighted by Gasteiger charge is 2.20. The highest BCUT2D eigenvalue weighted by Crippen LogP contribution is 2.29. The second kappa shape index (κ2) is 6.55. The minimum absolute atomic E-state index is 0.0320. The van der Waals surface area contributed by atoms with Crippen molar-refractivity contribution in [2.24, 2.45) is 7.05 Å². The first-order valence-electron chi connectivity index (χ1n) is 8.11. The summed E-state index contributed by atoms with van der Waals surface area (Å²) in [6, 6.07) is 4.67. The van der Waals surface area contributed by atoms with E-state index >= 15 is 0 Å². The van der Waals surface area contributed by atoms with Gasteiger partial charge in [-0.15, -0.1) is 0 Å². The number of non-ortho nitro benzene ring substituents is 1. The van der Waals surface area contributed by atoms with Gasteiger partial charge in [0.05, 0.1) is 16.0 Å². The summed E-state index contributed by atoms with van der Waals surface area (Å²) in [5, 5.41) is 19.4. The molecule has 0 aliphatic carbocycles. The second-order valence-corrected chi connectivity index (χ2v) is 6.20. The number of fused-ring (bicyclic) bond motifs is 1. The molecule has 3 rings (SSSR count). The monoisotopic (exact) mass is 353 g/mol. The lowest BCUT2D eigenvalue weighted by Gasteiger charge is -2.09. The van der Waals surface area contributed by atoms with Crippen molar-refractivity contribution in [3.63, 3.8) is 0 Å². The van der Waals surface area contributed by atoms with Crippen LogP contribution in [0.3, 0.4) is 0 Å². The Kier molecular flexibility index (Phi) is 4.41. The number of benzene rings is 1. The minimum Gasteiger partial charge on any atom is -0.346 e. The van der Waals surface area contributed by atoms with Crippen molar-refractivity contribution >= 4 is 22.4 Å². The molecule has 1 N–H and O–H groups in total. The van der Waals surface area contributed by atoms with Gasteiger partial charge in [-0.25, -0.2) is 0 Å². The van der Waals surface area contributed by atoms with Crippen molar-refractivity contribution in [3.05, 3.63) is 62.7 Å². The Bertz CT molecular complexity index is 1040. The van der Waals surface area contributed by atoms with Crippen molar-refractivity contribution in [1.82, 2.24) is 20.1 Å². The van der Waals surface area contributed by atoms with Crippen molar-refractivity contribution in [2.45, 2.75) is 27.3 Å². The number of aryl methyl sites for hydroxylation is 3. The van der Waals surface area contributed by atoms with Gasteiger partial charge in [0.15, 0.2) is 0 Å². The summed E-state index contributed by atoms with van der Waals surface area (Å²) < 4.78 is 1.76. The summed E-state index contributed by atoms with van der Waals surface area (Å²) in [6.07, 6.45) is 1.49. The van der Waals surface area contributed by atoms with Gasteiger partial charge in [0.2, 0.25) is 0 Å². The lowest BCUT2D eigenvalue weighted by Crippen LogP contribution is -2.24. The molecule has 0 unspecified atom stereocenters. The number of nitrogens with one attached hydrogen (secondary N) is 1. The Morgan fingerprint density at radius 1 is 1.31 bits per heavy atom. The third kappa shape index (κ3) is 2.90. The van der Waals surface area contributed by atoms with Gasteiger partial charge in [0, 0.05) is 42.5 Å². The molecule has 0 spiro atoms. The maximum absolute atomic E-state index is 12.7. The molecule has 0 saturated heterocycles. The summed E-state index contributed by atoms with van der Waals surface area (Å²) in [4.78, 5) is 27.8. The van der Waals surface area contributed by atoms with E-state index in [-0.39, 0.29) is 17.3 Å². The van der Waals surface area contributed by atoms with Gasteiger partial charge in [-0.2, -0.15) is 5.10 Å². The smallest absolute Gasteiger partial charge is 0.277 e. The standard InChI is InChI=1S/C18H19N5O3/c1-10-8-19-17(13-6-5-7-15(16(10)13)23(25)26)18(24)20-9-14-11(2)21-22(4)12(14)3/h5-8H,9H2,1-4H3,(H,20,24). The zero-order valence-electron chi connectivity index (χ0n) is 15.0. The predicted octanol–water partition coefficient (Wildman–Crippen LogP) is 2.73. The summed E-state index contributed by atoms with van der Waals surface area (Å²) in [6.45, 7) is 5.88. The van der Waals surface area contributed by atoms with Gasteiger partial charge in [-0.3, -0.25) is 24.6 Å². The van der Waals surface area contributed by atoms with E-state index in [1.807, 2.05) is 20.9 Å². The van der Waals surface area contributed by atoms with Crippen LogP contribution in [0.1, 0.15) is 33.0 Å².